The van der Waals surface area contributed by atoms with Crippen molar-refractivity contribution in [1.82, 2.24) is 10.2 Å². The van der Waals surface area contributed by atoms with Crippen LogP contribution in [0.1, 0.15) is 24.0 Å². The van der Waals surface area contributed by atoms with Crippen molar-refractivity contribution in [3.05, 3.63) is 47.0 Å². The molecule has 0 spiro atoms. The maximum Gasteiger partial charge on any atom is 0.416 e. The van der Waals surface area contributed by atoms with Gasteiger partial charge in [-0.05, 0) is 42.5 Å². The molecule has 2 aliphatic rings. The number of nitrogens with one attached hydrogen (secondary N) is 1. The summed E-state index contributed by atoms with van der Waals surface area (Å²) in [5.74, 6) is -2.06. The summed E-state index contributed by atoms with van der Waals surface area (Å²) in [7, 11) is 1.35. The number of hydrogen-bond acceptors (Lipinski definition) is 3. The van der Waals surface area contributed by atoms with E-state index >= 15 is 0 Å². The predicted molar refractivity (Wildman–Crippen MR) is 93.4 cm³/mol. The summed E-state index contributed by atoms with van der Waals surface area (Å²) in [4.78, 5) is 38.5. The maximum atomic E-state index is 13.0. The molecule has 0 bridgehead atoms. The van der Waals surface area contributed by atoms with Crippen LogP contribution in [0.15, 0.2) is 35.9 Å². The minimum absolute atomic E-state index is 0.0669. The third-order valence-electron chi connectivity index (χ3n) is 5.24. The van der Waals surface area contributed by atoms with Crippen LogP contribution in [0.2, 0.25) is 0 Å². The number of nitrogens with two attached hydrogens (primary N) is 1. The molecule has 3 rings (SSSR count). The van der Waals surface area contributed by atoms with E-state index in [-0.39, 0.29) is 30.1 Å². The third kappa shape index (κ3) is 3.61. The SMILES string of the molecule is CNC(=O)C1=CC(C(N)=O)(C2CC2)CN(Cc2cccc(C(F)(F)F)c2)C1=O. The third-order valence-corrected chi connectivity index (χ3v) is 5.24. The molecule has 6 nitrogen and oxygen atoms in total. The largest absolute Gasteiger partial charge is 0.416 e. The van der Waals surface area contributed by atoms with Gasteiger partial charge in [-0.2, -0.15) is 13.2 Å². The van der Waals surface area contributed by atoms with Crippen molar-refractivity contribution in [3.63, 3.8) is 0 Å². The molecule has 1 aliphatic heterocycles. The monoisotopic (exact) mass is 395 g/mol. The van der Waals surface area contributed by atoms with E-state index in [1.165, 1.54) is 30.2 Å². The van der Waals surface area contributed by atoms with Gasteiger partial charge in [0.2, 0.25) is 5.91 Å². The second-order valence-electron chi connectivity index (χ2n) is 7.18. The Balaban J connectivity index is 1.97. The average molecular weight is 395 g/mol. The van der Waals surface area contributed by atoms with Gasteiger partial charge in [-0.15, -0.1) is 0 Å². The van der Waals surface area contributed by atoms with Gasteiger partial charge >= 0.3 is 6.18 Å². The lowest BCUT2D eigenvalue weighted by atomic mass is 9.76. The van der Waals surface area contributed by atoms with E-state index in [4.69, 9.17) is 5.73 Å². The Morgan fingerprint density at radius 2 is 2.00 bits per heavy atom. The highest BCUT2D eigenvalue weighted by Gasteiger charge is 2.53. The summed E-state index contributed by atoms with van der Waals surface area (Å²) >= 11 is 0. The van der Waals surface area contributed by atoms with E-state index in [1.54, 1.807) is 0 Å². The van der Waals surface area contributed by atoms with Gasteiger partial charge in [-0.3, -0.25) is 14.4 Å². The highest BCUT2D eigenvalue weighted by molar-refractivity contribution is 6.19. The van der Waals surface area contributed by atoms with Crippen LogP contribution in [0.3, 0.4) is 0 Å². The molecule has 1 unspecified atom stereocenters. The lowest BCUT2D eigenvalue weighted by molar-refractivity contribution is -0.138. The molecule has 0 saturated heterocycles. The highest BCUT2D eigenvalue weighted by atomic mass is 19.4. The summed E-state index contributed by atoms with van der Waals surface area (Å²) in [6, 6.07) is 4.61. The average Bonchev–Trinajstić information content (AvgIpc) is 3.47. The number of benzene rings is 1. The van der Waals surface area contributed by atoms with E-state index in [1.807, 2.05) is 0 Å². The molecular weight excluding hydrogens is 375 g/mol. The first-order valence-corrected chi connectivity index (χ1v) is 8.79. The number of amides is 3. The highest BCUT2D eigenvalue weighted by Crippen LogP contribution is 2.49. The van der Waals surface area contributed by atoms with Crippen molar-refractivity contribution in [3.8, 4) is 0 Å². The van der Waals surface area contributed by atoms with Gasteiger partial charge in [0.15, 0.2) is 0 Å². The molecule has 1 aliphatic carbocycles. The van der Waals surface area contributed by atoms with Crippen LogP contribution in [0.4, 0.5) is 13.2 Å². The molecule has 1 saturated carbocycles. The van der Waals surface area contributed by atoms with E-state index in [9.17, 15) is 27.6 Å². The molecule has 3 amide bonds. The maximum absolute atomic E-state index is 13.0. The second-order valence-corrected chi connectivity index (χ2v) is 7.18. The zero-order valence-corrected chi connectivity index (χ0v) is 15.2. The normalized spacial score (nSPS) is 22.6. The molecule has 1 heterocycles. The van der Waals surface area contributed by atoms with Gasteiger partial charge < -0.3 is 16.0 Å². The molecular formula is C19H20F3N3O3. The fourth-order valence-electron chi connectivity index (χ4n) is 3.61. The summed E-state index contributed by atoms with van der Waals surface area (Å²) < 4.78 is 38.9. The minimum Gasteiger partial charge on any atom is -0.369 e. The molecule has 0 aromatic heterocycles. The van der Waals surface area contributed by atoms with Gasteiger partial charge in [-0.1, -0.05) is 12.1 Å². The van der Waals surface area contributed by atoms with Gasteiger partial charge in [-0.25, -0.2) is 0 Å². The van der Waals surface area contributed by atoms with Crippen molar-refractivity contribution in [2.45, 2.75) is 25.6 Å². The Morgan fingerprint density at radius 3 is 2.54 bits per heavy atom. The Bertz CT molecular complexity index is 861. The number of alkyl halides is 3. The molecule has 1 fully saturated rings. The van der Waals surface area contributed by atoms with Gasteiger partial charge in [0, 0.05) is 20.1 Å². The first-order valence-electron chi connectivity index (χ1n) is 8.79. The predicted octanol–water partition coefficient (Wildman–Crippen LogP) is 1.60. The number of rotatable bonds is 5. The molecule has 28 heavy (non-hydrogen) atoms. The van der Waals surface area contributed by atoms with Crippen LogP contribution in [0.25, 0.3) is 0 Å². The Morgan fingerprint density at radius 1 is 1.32 bits per heavy atom. The van der Waals surface area contributed by atoms with Gasteiger partial charge in [0.25, 0.3) is 11.8 Å². The number of primary amides is 1. The lowest BCUT2D eigenvalue weighted by Crippen LogP contribution is -2.53. The van der Waals surface area contributed by atoms with E-state index < -0.39 is 34.9 Å². The standard InChI is InChI=1S/C19H20F3N3O3/c1-24-15(26)14-8-18(17(23)28,12-5-6-12)10-25(16(14)27)9-11-3-2-4-13(7-11)19(20,21)22/h2-4,7-8,12H,5-6,9-10H2,1H3,(H2,23,28)(H,24,26). The van der Waals surface area contributed by atoms with Crippen molar-refractivity contribution in [2.75, 3.05) is 13.6 Å². The number of hydrogen-bond donors (Lipinski definition) is 2. The first-order chi connectivity index (χ1) is 13.1. The van der Waals surface area contributed by atoms with Crippen LogP contribution < -0.4 is 11.1 Å². The Kier molecular flexibility index (Phi) is 4.95. The fourth-order valence-corrected chi connectivity index (χ4v) is 3.61. The number of carbonyl (C=O) groups is 3. The van der Waals surface area contributed by atoms with Crippen molar-refractivity contribution < 1.29 is 27.6 Å². The van der Waals surface area contributed by atoms with E-state index in [0.717, 1.165) is 25.0 Å². The van der Waals surface area contributed by atoms with Crippen molar-refractivity contribution in [2.24, 2.45) is 17.1 Å². The lowest BCUT2D eigenvalue weighted by Gasteiger charge is -2.39. The van der Waals surface area contributed by atoms with Gasteiger partial charge in [0.1, 0.15) is 5.57 Å². The zero-order chi connectivity index (χ0) is 20.7. The summed E-state index contributed by atoms with van der Waals surface area (Å²) in [6.07, 6.45) is -1.71. The molecule has 150 valence electrons. The van der Waals surface area contributed by atoms with Crippen LogP contribution >= 0.6 is 0 Å². The Hall–Kier alpha value is -2.84. The molecule has 0 radical (unpaired) electrons. The molecule has 9 heteroatoms. The smallest absolute Gasteiger partial charge is 0.369 e. The number of likely N-dealkylation sites (N-methyl/N-ethyl adjacent to an activating group) is 1. The summed E-state index contributed by atoms with van der Waals surface area (Å²) in [6.45, 7) is -0.235. The number of carbonyl (C=O) groups excluding carboxylic acids is 3. The fraction of sp³-hybridized carbons (Fsp3) is 0.421. The van der Waals surface area contributed by atoms with Crippen molar-refractivity contribution >= 4 is 17.7 Å². The second kappa shape index (κ2) is 6.96. The summed E-state index contributed by atoms with van der Waals surface area (Å²) in [5.41, 5.74) is 3.63. The Labute approximate surface area is 159 Å². The first kappa shape index (κ1) is 19.9. The van der Waals surface area contributed by atoms with Crippen LogP contribution in [-0.4, -0.2) is 36.2 Å². The molecule has 3 N–H and O–H groups in total. The molecule has 1 atom stereocenters. The van der Waals surface area contributed by atoms with Gasteiger partial charge in [0.05, 0.1) is 11.0 Å². The van der Waals surface area contributed by atoms with E-state index in [2.05, 4.69) is 5.32 Å². The van der Waals surface area contributed by atoms with E-state index in [0.29, 0.717) is 0 Å². The van der Waals surface area contributed by atoms with Crippen molar-refractivity contribution in [1.29, 1.82) is 0 Å². The van der Waals surface area contributed by atoms with Crippen LogP contribution in [0, 0.1) is 11.3 Å². The van der Waals surface area contributed by atoms with Crippen LogP contribution in [-0.2, 0) is 27.1 Å². The number of nitrogens with zero attached hydrogens (tertiary/aromatic N) is 1. The molecule has 1 aromatic rings. The quantitative estimate of drug-likeness (QED) is 0.742. The topological polar surface area (TPSA) is 92.5 Å². The number of halogens is 3. The molecule has 1 aromatic carbocycles. The zero-order valence-electron chi connectivity index (χ0n) is 15.2. The minimum atomic E-state index is -4.51. The van der Waals surface area contributed by atoms with Crippen LogP contribution in [0.5, 0.6) is 0 Å². The summed E-state index contributed by atoms with van der Waals surface area (Å²) in [5, 5.41) is 2.36.